The summed E-state index contributed by atoms with van der Waals surface area (Å²) < 4.78 is 0. The summed E-state index contributed by atoms with van der Waals surface area (Å²) in [5, 5.41) is 2.71. The van der Waals surface area contributed by atoms with Crippen molar-refractivity contribution in [3.63, 3.8) is 0 Å². The van der Waals surface area contributed by atoms with Crippen LogP contribution in [0.25, 0.3) is 0 Å². The third-order valence-electron chi connectivity index (χ3n) is 1.31. The highest BCUT2D eigenvalue weighted by Crippen LogP contribution is 2.04. The van der Waals surface area contributed by atoms with Crippen LogP contribution in [0, 0.1) is 0 Å². The van der Waals surface area contributed by atoms with Gasteiger partial charge in [0.2, 0.25) is 5.91 Å². The van der Waals surface area contributed by atoms with Gasteiger partial charge in [-0.05, 0) is 12.5 Å². The highest BCUT2D eigenvalue weighted by molar-refractivity contribution is 5.81. The highest BCUT2D eigenvalue weighted by atomic mass is 16.1. The molecule has 1 heterocycles. The molecule has 1 rings (SSSR count). The van der Waals surface area contributed by atoms with Crippen molar-refractivity contribution >= 4 is 5.91 Å². The molecule has 1 N–H and O–H groups in total. The zero-order valence-electron chi connectivity index (χ0n) is 4.90. The first-order valence-electron chi connectivity index (χ1n) is 2.73. The van der Waals surface area contributed by atoms with Crippen molar-refractivity contribution in [3.8, 4) is 0 Å². The molecule has 0 aromatic rings. The Morgan fingerprint density at radius 2 is 2.50 bits per heavy atom. The summed E-state index contributed by atoms with van der Waals surface area (Å²) >= 11 is 0. The van der Waals surface area contributed by atoms with Gasteiger partial charge in [0.15, 0.2) is 0 Å². The molecule has 0 spiro atoms. The van der Waals surface area contributed by atoms with Gasteiger partial charge in [-0.2, -0.15) is 0 Å². The Bertz CT molecular complexity index is 137. The Morgan fingerprint density at radius 3 is 2.75 bits per heavy atom. The minimum atomic E-state index is 0.151. The Morgan fingerprint density at radius 1 is 1.75 bits per heavy atom. The predicted molar refractivity (Wildman–Crippen MR) is 31.4 cm³/mol. The van der Waals surface area contributed by atoms with Crippen LogP contribution < -0.4 is 5.32 Å². The van der Waals surface area contributed by atoms with Crippen LogP contribution in [0.1, 0.15) is 13.3 Å². The SMILES string of the molecule is C/C=C1\CNC(=O)C1. The lowest BCUT2D eigenvalue weighted by Crippen LogP contribution is -2.12. The van der Waals surface area contributed by atoms with Crippen molar-refractivity contribution in [2.75, 3.05) is 6.54 Å². The van der Waals surface area contributed by atoms with Crippen LogP contribution in [0.2, 0.25) is 0 Å². The van der Waals surface area contributed by atoms with E-state index in [1.165, 1.54) is 5.57 Å². The fourth-order valence-electron chi connectivity index (χ4n) is 0.747. The second-order valence-electron chi connectivity index (χ2n) is 1.90. The number of carbonyl (C=O) groups excluding carboxylic acids is 1. The minimum Gasteiger partial charge on any atom is -0.352 e. The fraction of sp³-hybridized carbons (Fsp3) is 0.500. The number of allylic oxidation sites excluding steroid dienone is 1. The normalized spacial score (nSPS) is 24.1. The molecule has 0 aromatic carbocycles. The van der Waals surface area contributed by atoms with Crippen LogP contribution in [0.3, 0.4) is 0 Å². The Kier molecular flexibility index (Phi) is 1.33. The summed E-state index contributed by atoms with van der Waals surface area (Å²) in [6, 6.07) is 0. The van der Waals surface area contributed by atoms with Crippen LogP contribution in [0.5, 0.6) is 0 Å². The lowest BCUT2D eigenvalue weighted by Gasteiger charge is -1.83. The van der Waals surface area contributed by atoms with Gasteiger partial charge in [-0.25, -0.2) is 0 Å². The van der Waals surface area contributed by atoms with E-state index in [4.69, 9.17) is 0 Å². The van der Waals surface area contributed by atoms with Gasteiger partial charge in [0, 0.05) is 13.0 Å². The Hall–Kier alpha value is -0.790. The molecule has 0 saturated carbocycles. The lowest BCUT2D eigenvalue weighted by molar-refractivity contribution is -0.118. The van der Waals surface area contributed by atoms with Crippen molar-refractivity contribution in [1.82, 2.24) is 5.32 Å². The van der Waals surface area contributed by atoms with Gasteiger partial charge >= 0.3 is 0 Å². The third kappa shape index (κ3) is 0.886. The van der Waals surface area contributed by atoms with Gasteiger partial charge in [-0.3, -0.25) is 4.79 Å². The largest absolute Gasteiger partial charge is 0.352 e. The average Bonchev–Trinajstić information content (AvgIpc) is 2.14. The molecule has 1 fully saturated rings. The monoisotopic (exact) mass is 111 g/mol. The van der Waals surface area contributed by atoms with E-state index in [2.05, 4.69) is 5.32 Å². The summed E-state index contributed by atoms with van der Waals surface area (Å²) in [5.41, 5.74) is 1.20. The first-order valence-corrected chi connectivity index (χ1v) is 2.73. The third-order valence-corrected chi connectivity index (χ3v) is 1.31. The summed E-state index contributed by atoms with van der Waals surface area (Å²) in [6.45, 7) is 2.71. The molecule has 0 atom stereocenters. The number of hydrogen-bond acceptors (Lipinski definition) is 1. The molecule has 1 aliphatic rings. The number of hydrogen-bond donors (Lipinski definition) is 1. The van der Waals surface area contributed by atoms with Crippen LogP contribution in [0.15, 0.2) is 11.6 Å². The van der Waals surface area contributed by atoms with E-state index in [0.29, 0.717) is 6.42 Å². The maximum atomic E-state index is 10.5. The van der Waals surface area contributed by atoms with Gasteiger partial charge < -0.3 is 5.32 Å². The predicted octanol–water partition coefficient (Wildman–Crippen LogP) is 0.453. The van der Waals surface area contributed by atoms with Gasteiger partial charge in [0.25, 0.3) is 0 Å². The fourth-order valence-corrected chi connectivity index (χ4v) is 0.747. The van der Waals surface area contributed by atoms with Crippen molar-refractivity contribution in [2.24, 2.45) is 0 Å². The van der Waals surface area contributed by atoms with Gasteiger partial charge in [0.05, 0.1) is 0 Å². The molecule has 2 nitrogen and oxygen atoms in total. The van der Waals surface area contributed by atoms with E-state index in [0.717, 1.165) is 6.54 Å². The molecule has 0 aliphatic carbocycles. The molecule has 0 radical (unpaired) electrons. The Balaban J connectivity index is 2.56. The number of carbonyl (C=O) groups is 1. The topological polar surface area (TPSA) is 29.1 Å². The van der Waals surface area contributed by atoms with Crippen molar-refractivity contribution in [3.05, 3.63) is 11.6 Å². The van der Waals surface area contributed by atoms with E-state index >= 15 is 0 Å². The van der Waals surface area contributed by atoms with E-state index in [9.17, 15) is 4.79 Å². The van der Waals surface area contributed by atoms with E-state index in [-0.39, 0.29) is 5.91 Å². The maximum Gasteiger partial charge on any atom is 0.224 e. The summed E-state index contributed by atoms with van der Waals surface area (Å²) in [5.74, 6) is 0.151. The molecule has 8 heavy (non-hydrogen) atoms. The molecule has 0 bridgehead atoms. The zero-order chi connectivity index (χ0) is 5.98. The molecule has 0 unspecified atom stereocenters. The number of rotatable bonds is 0. The van der Waals surface area contributed by atoms with Crippen LogP contribution in [0.4, 0.5) is 0 Å². The molecule has 0 aromatic heterocycles. The standard InChI is InChI=1S/C6H9NO/c1-2-5-3-6(8)7-4-5/h2H,3-4H2,1H3,(H,7,8)/b5-2-. The summed E-state index contributed by atoms with van der Waals surface area (Å²) in [7, 11) is 0. The molecule has 1 amide bonds. The number of amides is 1. The molecule has 44 valence electrons. The summed E-state index contributed by atoms with van der Waals surface area (Å²) in [4.78, 5) is 10.5. The van der Waals surface area contributed by atoms with E-state index < -0.39 is 0 Å². The van der Waals surface area contributed by atoms with E-state index in [1.807, 2.05) is 13.0 Å². The molecule has 2 heteroatoms. The first kappa shape index (κ1) is 5.35. The van der Waals surface area contributed by atoms with Crippen molar-refractivity contribution in [1.29, 1.82) is 0 Å². The number of nitrogens with one attached hydrogen (secondary N) is 1. The van der Waals surface area contributed by atoms with Crippen LogP contribution in [-0.2, 0) is 4.79 Å². The minimum absolute atomic E-state index is 0.151. The molecular formula is C6H9NO. The second-order valence-corrected chi connectivity index (χ2v) is 1.90. The lowest BCUT2D eigenvalue weighted by atomic mass is 10.2. The van der Waals surface area contributed by atoms with Gasteiger partial charge in [-0.1, -0.05) is 6.08 Å². The molecule has 1 saturated heterocycles. The van der Waals surface area contributed by atoms with Crippen LogP contribution >= 0.6 is 0 Å². The van der Waals surface area contributed by atoms with Crippen molar-refractivity contribution in [2.45, 2.75) is 13.3 Å². The first-order chi connectivity index (χ1) is 3.83. The average molecular weight is 111 g/mol. The quantitative estimate of drug-likeness (QED) is 0.452. The summed E-state index contributed by atoms with van der Waals surface area (Å²) in [6.07, 6.45) is 2.59. The maximum absolute atomic E-state index is 10.5. The van der Waals surface area contributed by atoms with Crippen LogP contribution in [-0.4, -0.2) is 12.5 Å². The smallest absolute Gasteiger partial charge is 0.224 e. The molecule has 1 aliphatic heterocycles. The van der Waals surface area contributed by atoms with E-state index in [1.54, 1.807) is 0 Å². The Labute approximate surface area is 48.6 Å². The van der Waals surface area contributed by atoms with Crippen molar-refractivity contribution < 1.29 is 4.79 Å². The highest BCUT2D eigenvalue weighted by Gasteiger charge is 2.11. The van der Waals surface area contributed by atoms with Gasteiger partial charge in [0.1, 0.15) is 0 Å². The molecular weight excluding hydrogens is 102 g/mol. The second kappa shape index (κ2) is 1.99. The van der Waals surface area contributed by atoms with Gasteiger partial charge in [-0.15, -0.1) is 0 Å². The zero-order valence-corrected chi connectivity index (χ0v) is 4.90.